The van der Waals surface area contributed by atoms with E-state index in [1.54, 1.807) is 6.07 Å². The number of anilines is 1. The van der Waals surface area contributed by atoms with Crippen LogP contribution in [0.15, 0.2) is 48.5 Å². The van der Waals surface area contributed by atoms with Gasteiger partial charge in [-0.1, -0.05) is 30.3 Å². The van der Waals surface area contributed by atoms with Crippen LogP contribution in [0.1, 0.15) is 41.5 Å². The number of nitrogens with zero attached hydrogens (tertiary/aromatic N) is 1. The molecule has 1 aliphatic heterocycles. The minimum absolute atomic E-state index is 0.0194. The van der Waals surface area contributed by atoms with Gasteiger partial charge in [-0.15, -0.1) is 0 Å². The maximum Gasteiger partial charge on any atom is 0.416 e. The van der Waals surface area contributed by atoms with Crippen LogP contribution in [-0.2, 0) is 6.18 Å². The number of benzene rings is 2. The van der Waals surface area contributed by atoms with Gasteiger partial charge < -0.3 is 20.9 Å². The predicted molar refractivity (Wildman–Crippen MR) is 119 cm³/mol. The highest BCUT2D eigenvalue weighted by atomic mass is 19.4. The lowest BCUT2D eigenvalue weighted by atomic mass is 9.77. The maximum absolute atomic E-state index is 13.4. The molecule has 2 aromatic rings. The van der Waals surface area contributed by atoms with Gasteiger partial charge in [-0.3, -0.25) is 0 Å². The van der Waals surface area contributed by atoms with Crippen molar-refractivity contribution >= 4 is 11.7 Å². The zero-order valence-corrected chi connectivity index (χ0v) is 18.2. The fourth-order valence-corrected chi connectivity index (χ4v) is 4.99. The van der Waals surface area contributed by atoms with Crippen LogP contribution >= 0.6 is 0 Å². The number of halogens is 3. The first kappa shape index (κ1) is 22.5. The molecule has 1 heterocycles. The second-order valence-corrected chi connectivity index (χ2v) is 8.97. The minimum atomic E-state index is -4.39. The average Bonchev–Trinajstić information content (AvgIpc) is 3.16. The van der Waals surface area contributed by atoms with Gasteiger partial charge in [0.25, 0.3) is 0 Å². The lowest BCUT2D eigenvalue weighted by Gasteiger charge is -2.37. The topological polar surface area (TPSA) is 56.4 Å². The zero-order valence-electron chi connectivity index (χ0n) is 18.2. The van der Waals surface area contributed by atoms with E-state index in [1.165, 1.54) is 6.07 Å². The average molecular weight is 447 g/mol. The van der Waals surface area contributed by atoms with E-state index in [2.05, 4.69) is 16.0 Å². The Labute approximate surface area is 186 Å². The molecule has 2 aromatic carbocycles. The third-order valence-electron chi connectivity index (χ3n) is 6.47. The molecule has 0 aromatic heterocycles. The molecule has 0 radical (unpaired) electrons. The molecule has 2 aliphatic rings. The molecule has 1 fully saturated rings. The fourth-order valence-electron chi connectivity index (χ4n) is 4.99. The monoisotopic (exact) mass is 446 g/mol. The number of carbonyl (C=O) groups is 1. The van der Waals surface area contributed by atoms with Gasteiger partial charge in [-0.2, -0.15) is 13.2 Å². The molecule has 4 rings (SSSR count). The van der Waals surface area contributed by atoms with E-state index >= 15 is 0 Å². The van der Waals surface area contributed by atoms with Crippen molar-refractivity contribution in [2.75, 3.05) is 32.5 Å². The molecule has 0 saturated heterocycles. The summed E-state index contributed by atoms with van der Waals surface area (Å²) in [5.41, 5.74) is 1.90. The van der Waals surface area contributed by atoms with Gasteiger partial charge in [0, 0.05) is 24.8 Å². The van der Waals surface area contributed by atoms with Crippen LogP contribution in [0.5, 0.6) is 0 Å². The van der Waals surface area contributed by atoms with E-state index < -0.39 is 11.7 Å². The number of nitrogens with one attached hydrogen (secondary N) is 3. The summed E-state index contributed by atoms with van der Waals surface area (Å²) in [5.74, 6) is 0.0197. The molecule has 0 spiro atoms. The van der Waals surface area contributed by atoms with Crippen molar-refractivity contribution in [3.8, 4) is 0 Å². The third kappa shape index (κ3) is 4.85. The van der Waals surface area contributed by atoms with Crippen molar-refractivity contribution in [1.29, 1.82) is 0 Å². The molecule has 5 nitrogen and oxygen atoms in total. The Bertz CT molecular complexity index is 948. The van der Waals surface area contributed by atoms with Crippen LogP contribution in [0, 0.1) is 5.92 Å². The standard InChI is InChI=1S/C24H29F3N4O/c1-31(2)11-10-28-23(32)29-17-13-18-19-12-16(24(25,26)27)8-9-21(19)30-22(20(18)14-17)15-6-4-3-5-7-15/h3-9,12,17-18,20,22,30H,10-11,13-14H2,1-2H3,(H2,28,29,32)/t17-,18+,20+,22-/m0/s1. The molecule has 32 heavy (non-hydrogen) atoms. The molecule has 1 aliphatic carbocycles. The highest BCUT2D eigenvalue weighted by molar-refractivity contribution is 5.74. The number of likely N-dealkylation sites (N-methyl/N-ethyl adjacent to an activating group) is 1. The van der Waals surface area contributed by atoms with E-state index in [0.29, 0.717) is 24.9 Å². The molecule has 0 unspecified atom stereocenters. The first-order valence-corrected chi connectivity index (χ1v) is 10.9. The quantitative estimate of drug-likeness (QED) is 0.630. The van der Waals surface area contributed by atoms with Gasteiger partial charge in [0.2, 0.25) is 0 Å². The molecule has 4 atom stereocenters. The van der Waals surface area contributed by atoms with Crippen molar-refractivity contribution in [2.45, 2.75) is 37.0 Å². The predicted octanol–water partition coefficient (Wildman–Crippen LogP) is 4.60. The van der Waals surface area contributed by atoms with Crippen molar-refractivity contribution in [3.63, 3.8) is 0 Å². The molecule has 2 amide bonds. The Hall–Kier alpha value is -2.74. The summed E-state index contributed by atoms with van der Waals surface area (Å²) >= 11 is 0. The highest BCUT2D eigenvalue weighted by Gasteiger charge is 2.45. The summed E-state index contributed by atoms with van der Waals surface area (Å²) < 4.78 is 40.1. The van der Waals surface area contributed by atoms with Crippen molar-refractivity contribution in [1.82, 2.24) is 15.5 Å². The van der Waals surface area contributed by atoms with Crippen LogP contribution in [0.4, 0.5) is 23.7 Å². The number of carbonyl (C=O) groups excluding carboxylic acids is 1. The molecule has 1 saturated carbocycles. The number of rotatable bonds is 5. The Balaban J connectivity index is 1.58. The van der Waals surface area contributed by atoms with E-state index in [4.69, 9.17) is 0 Å². The minimum Gasteiger partial charge on any atom is -0.378 e. The third-order valence-corrected chi connectivity index (χ3v) is 6.47. The van der Waals surface area contributed by atoms with Gasteiger partial charge in [0.1, 0.15) is 0 Å². The van der Waals surface area contributed by atoms with Crippen molar-refractivity contribution < 1.29 is 18.0 Å². The highest BCUT2D eigenvalue weighted by Crippen LogP contribution is 2.53. The molecule has 172 valence electrons. The molecular weight excluding hydrogens is 417 g/mol. The van der Waals surface area contributed by atoms with Gasteiger partial charge in [0.05, 0.1) is 11.6 Å². The number of amides is 2. The van der Waals surface area contributed by atoms with Gasteiger partial charge in [-0.05, 0) is 68.1 Å². The van der Waals surface area contributed by atoms with Gasteiger partial charge in [0.15, 0.2) is 0 Å². The van der Waals surface area contributed by atoms with E-state index in [0.717, 1.165) is 23.9 Å². The number of alkyl halides is 3. The summed E-state index contributed by atoms with van der Waals surface area (Å²) in [4.78, 5) is 14.3. The Morgan fingerprint density at radius 3 is 2.56 bits per heavy atom. The first-order chi connectivity index (χ1) is 15.2. The van der Waals surface area contributed by atoms with Crippen LogP contribution in [0.2, 0.25) is 0 Å². The summed E-state index contributed by atoms with van der Waals surface area (Å²) in [5, 5.41) is 9.38. The van der Waals surface area contributed by atoms with Crippen LogP contribution in [-0.4, -0.2) is 44.2 Å². The summed E-state index contributed by atoms with van der Waals surface area (Å²) in [6, 6.07) is 13.6. The van der Waals surface area contributed by atoms with E-state index in [1.807, 2.05) is 49.3 Å². The van der Waals surface area contributed by atoms with Crippen LogP contribution < -0.4 is 16.0 Å². The maximum atomic E-state index is 13.4. The number of hydrogen-bond acceptors (Lipinski definition) is 3. The largest absolute Gasteiger partial charge is 0.416 e. The summed E-state index contributed by atoms with van der Waals surface area (Å²) in [7, 11) is 3.87. The normalized spacial score (nSPS) is 24.4. The zero-order chi connectivity index (χ0) is 22.9. The molecular formula is C24H29F3N4O. The Morgan fingerprint density at radius 1 is 1.12 bits per heavy atom. The first-order valence-electron chi connectivity index (χ1n) is 10.9. The summed E-state index contributed by atoms with van der Waals surface area (Å²) in [6.07, 6.45) is -3.07. The second kappa shape index (κ2) is 9.02. The Morgan fingerprint density at radius 2 is 1.88 bits per heavy atom. The van der Waals surface area contributed by atoms with Crippen molar-refractivity contribution in [2.24, 2.45) is 5.92 Å². The fraction of sp³-hybridized carbons (Fsp3) is 0.458. The lowest BCUT2D eigenvalue weighted by molar-refractivity contribution is -0.137. The van der Waals surface area contributed by atoms with Crippen molar-refractivity contribution in [3.05, 3.63) is 65.2 Å². The smallest absolute Gasteiger partial charge is 0.378 e. The molecule has 3 N–H and O–H groups in total. The molecule has 8 heteroatoms. The number of urea groups is 1. The SMILES string of the molecule is CN(C)CCNC(=O)N[C@@H]1C[C@@H]2[C@H](C1)c1cc(C(F)(F)F)ccc1N[C@H]2c1ccccc1. The van der Waals surface area contributed by atoms with Crippen LogP contribution in [0.3, 0.4) is 0 Å². The lowest BCUT2D eigenvalue weighted by Crippen LogP contribution is -2.43. The second-order valence-electron chi connectivity index (χ2n) is 8.97. The van der Waals surface area contributed by atoms with E-state index in [-0.39, 0.29) is 30.0 Å². The van der Waals surface area contributed by atoms with E-state index in [9.17, 15) is 18.0 Å². The van der Waals surface area contributed by atoms with Crippen LogP contribution in [0.25, 0.3) is 0 Å². The number of fused-ring (bicyclic) bond motifs is 3. The number of hydrogen-bond donors (Lipinski definition) is 3. The van der Waals surface area contributed by atoms with Gasteiger partial charge >= 0.3 is 12.2 Å². The molecule has 0 bridgehead atoms. The Kier molecular flexibility index (Phi) is 6.33. The van der Waals surface area contributed by atoms with Gasteiger partial charge in [-0.25, -0.2) is 4.79 Å². The summed E-state index contributed by atoms with van der Waals surface area (Å²) in [6.45, 7) is 1.27.